The number of hydrogen-bond acceptors (Lipinski definition) is 4. The summed E-state index contributed by atoms with van der Waals surface area (Å²) in [5.74, 6) is -0.313. The van der Waals surface area contributed by atoms with Gasteiger partial charge in [-0.15, -0.1) is 0 Å². The molecule has 188 valence electrons. The maximum atomic E-state index is 12.3. The van der Waals surface area contributed by atoms with E-state index in [2.05, 4.69) is 20.8 Å². The molecule has 4 heteroatoms. The number of hydrogen-bond donors (Lipinski definition) is 0. The highest BCUT2D eigenvalue weighted by Crippen LogP contribution is 2.14. The van der Waals surface area contributed by atoms with Crippen LogP contribution in [0.3, 0.4) is 0 Å². The van der Waals surface area contributed by atoms with Crippen molar-refractivity contribution in [2.75, 3.05) is 6.61 Å². The molecular formula is C29H48O4. The monoisotopic (exact) mass is 460 g/mol. The van der Waals surface area contributed by atoms with Crippen molar-refractivity contribution in [3.05, 3.63) is 35.4 Å². The van der Waals surface area contributed by atoms with Crippen molar-refractivity contribution in [2.45, 2.75) is 124 Å². The Morgan fingerprint density at radius 1 is 0.727 bits per heavy atom. The lowest BCUT2D eigenvalue weighted by atomic mass is 10.0. The Hall–Kier alpha value is -1.84. The summed E-state index contributed by atoms with van der Waals surface area (Å²) in [5.41, 5.74) is 0.789. The molecule has 33 heavy (non-hydrogen) atoms. The highest BCUT2D eigenvalue weighted by Gasteiger charge is 2.15. The van der Waals surface area contributed by atoms with Crippen molar-refractivity contribution < 1.29 is 19.1 Å². The van der Waals surface area contributed by atoms with E-state index >= 15 is 0 Å². The summed E-state index contributed by atoms with van der Waals surface area (Å²) in [7, 11) is 0. The third kappa shape index (κ3) is 14.8. The lowest BCUT2D eigenvalue weighted by molar-refractivity contribution is 0.0299. The van der Waals surface area contributed by atoms with Crippen molar-refractivity contribution in [1.29, 1.82) is 0 Å². The molecule has 1 rings (SSSR count). The number of ether oxygens (including phenoxy) is 2. The Kier molecular flexibility index (Phi) is 16.4. The Morgan fingerprint density at radius 3 is 1.73 bits per heavy atom. The van der Waals surface area contributed by atoms with Crippen molar-refractivity contribution in [2.24, 2.45) is 5.92 Å². The molecule has 1 atom stereocenters. The third-order valence-electron chi connectivity index (χ3n) is 5.93. The second-order valence-corrected chi connectivity index (χ2v) is 9.80. The molecule has 0 bridgehead atoms. The fourth-order valence-electron chi connectivity index (χ4n) is 4.10. The average Bonchev–Trinajstić information content (AvgIpc) is 2.78. The van der Waals surface area contributed by atoms with E-state index < -0.39 is 5.97 Å². The van der Waals surface area contributed by atoms with Crippen molar-refractivity contribution in [1.82, 2.24) is 0 Å². The second-order valence-electron chi connectivity index (χ2n) is 9.80. The van der Waals surface area contributed by atoms with Crippen LogP contribution in [-0.4, -0.2) is 24.6 Å². The van der Waals surface area contributed by atoms with Gasteiger partial charge in [-0.1, -0.05) is 104 Å². The number of carbonyl (C=O) groups excluding carboxylic acids is 2. The number of carbonyl (C=O) groups is 2. The SMILES string of the molecule is CCCCCCCCCCCCCCCOC(=O)c1cccc(C(=O)OC(C)CC(C)C)c1. The quantitative estimate of drug-likeness (QED) is 0.153. The first-order valence-electron chi connectivity index (χ1n) is 13.4. The zero-order valence-electron chi connectivity index (χ0n) is 21.7. The van der Waals surface area contributed by atoms with Crippen LogP contribution in [0.2, 0.25) is 0 Å². The van der Waals surface area contributed by atoms with E-state index in [1.807, 2.05) is 6.92 Å². The normalized spacial score (nSPS) is 12.0. The van der Waals surface area contributed by atoms with Crippen LogP contribution in [0.5, 0.6) is 0 Å². The van der Waals surface area contributed by atoms with Crippen molar-refractivity contribution in [3.63, 3.8) is 0 Å². The number of esters is 2. The lowest BCUT2D eigenvalue weighted by Gasteiger charge is -2.15. The van der Waals surface area contributed by atoms with Gasteiger partial charge in [0, 0.05) is 0 Å². The van der Waals surface area contributed by atoms with Crippen LogP contribution >= 0.6 is 0 Å². The fraction of sp³-hybridized carbons (Fsp3) is 0.724. The minimum absolute atomic E-state index is 0.149. The van der Waals surface area contributed by atoms with Crippen LogP contribution in [0.4, 0.5) is 0 Å². The molecule has 0 aliphatic heterocycles. The summed E-state index contributed by atoms with van der Waals surface area (Å²) in [6.45, 7) is 8.78. The van der Waals surface area contributed by atoms with E-state index in [1.165, 1.54) is 70.6 Å². The standard InChI is InChI=1S/C29H48O4/c1-5-6-7-8-9-10-11-12-13-14-15-16-17-21-32-28(30)26-19-18-20-27(23-26)29(31)33-25(4)22-24(2)3/h18-20,23-25H,5-17,21-22H2,1-4H3. The maximum Gasteiger partial charge on any atom is 0.338 e. The van der Waals surface area contributed by atoms with Gasteiger partial charge >= 0.3 is 11.9 Å². The Balaban J connectivity index is 2.13. The van der Waals surface area contributed by atoms with Crippen molar-refractivity contribution in [3.8, 4) is 0 Å². The zero-order valence-corrected chi connectivity index (χ0v) is 21.7. The summed E-state index contributed by atoms with van der Waals surface area (Å²) in [5, 5.41) is 0. The minimum atomic E-state index is -0.394. The van der Waals surface area contributed by atoms with Gasteiger partial charge in [-0.05, 0) is 43.9 Å². The van der Waals surface area contributed by atoms with Gasteiger partial charge in [-0.3, -0.25) is 0 Å². The van der Waals surface area contributed by atoms with E-state index in [9.17, 15) is 9.59 Å². The third-order valence-corrected chi connectivity index (χ3v) is 5.93. The van der Waals surface area contributed by atoms with E-state index in [0.29, 0.717) is 23.7 Å². The van der Waals surface area contributed by atoms with Crippen LogP contribution < -0.4 is 0 Å². The molecule has 0 saturated heterocycles. The average molecular weight is 461 g/mol. The van der Waals surface area contributed by atoms with E-state index in [4.69, 9.17) is 9.47 Å². The van der Waals surface area contributed by atoms with Gasteiger partial charge in [0.15, 0.2) is 0 Å². The molecule has 0 aliphatic rings. The van der Waals surface area contributed by atoms with Gasteiger partial charge in [0.2, 0.25) is 0 Å². The molecule has 0 fully saturated rings. The molecule has 1 aromatic carbocycles. The Labute approximate surface area is 202 Å². The first-order valence-corrected chi connectivity index (χ1v) is 13.4. The highest BCUT2D eigenvalue weighted by atomic mass is 16.5. The van der Waals surface area contributed by atoms with E-state index in [-0.39, 0.29) is 12.1 Å². The van der Waals surface area contributed by atoms with Crippen molar-refractivity contribution >= 4 is 11.9 Å². The number of rotatable bonds is 19. The molecule has 0 amide bonds. The number of unbranched alkanes of at least 4 members (excludes halogenated alkanes) is 12. The Morgan fingerprint density at radius 2 is 1.21 bits per heavy atom. The molecule has 4 nitrogen and oxygen atoms in total. The molecule has 0 N–H and O–H groups in total. The summed E-state index contributed by atoms with van der Waals surface area (Å²) in [4.78, 5) is 24.7. The van der Waals surface area contributed by atoms with Gasteiger partial charge < -0.3 is 9.47 Å². The predicted molar refractivity (Wildman–Crippen MR) is 137 cm³/mol. The van der Waals surface area contributed by atoms with Crippen LogP contribution in [-0.2, 0) is 9.47 Å². The molecule has 0 aromatic heterocycles. The molecule has 1 aromatic rings. The fourth-order valence-corrected chi connectivity index (χ4v) is 4.10. The van der Waals surface area contributed by atoms with Gasteiger partial charge in [0.25, 0.3) is 0 Å². The molecule has 1 unspecified atom stereocenters. The summed E-state index contributed by atoms with van der Waals surface area (Å²) >= 11 is 0. The molecule has 0 saturated carbocycles. The van der Waals surface area contributed by atoms with Crippen LogP contribution in [0.15, 0.2) is 24.3 Å². The van der Waals surface area contributed by atoms with E-state index in [1.54, 1.807) is 24.3 Å². The maximum absolute atomic E-state index is 12.3. The largest absolute Gasteiger partial charge is 0.462 e. The first-order chi connectivity index (χ1) is 15.9. The summed E-state index contributed by atoms with van der Waals surface area (Å²) in [6.07, 6.45) is 17.4. The number of benzene rings is 1. The highest BCUT2D eigenvalue weighted by molar-refractivity contribution is 5.95. The smallest absolute Gasteiger partial charge is 0.338 e. The second kappa shape index (κ2) is 18.6. The predicted octanol–water partition coefficient (Wildman–Crippen LogP) is 8.53. The zero-order chi connectivity index (χ0) is 24.3. The summed E-state index contributed by atoms with van der Waals surface area (Å²) in [6, 6.07) is 6.62. The van der Waals surface area contributed by atoms with Crippen LogP contribution in [0.1, 0.15) is 138 Å². The van der Waals surface area contributed by atoms with Gasteiger partial charge in [-0.2, -0.15) is 0 Å². The van der Waals surface area contributed by atoms with E-state index in [0.717, 1.165) is 19.3 Å². The molecule has 0 aliphatic carbocycles. The Bertz CT molecular complexity index is 653. The molecule has 0 heterocycles. The topological polar surface area (TPSA) is 52.6 Å². The summed E-state index contributed by atoms with van der Waals surface area (Å²) < 4.78 is 10.9. The molecule has 0 radical (unpaired) electrons. The minimum Gasteiger partial charge on any atom is -0.462 e. The lowest BCUT2D eigenvalue weighted by Crippen LogP contribution is -2.17. The van der Waals surface area contributed by atoms with Crippen LogP contribution in [0.25, 0.3) is 0 Å². The molecular weight excluding hydrogens is 412 g/mol. The van der Waals surface area contributed by atoms with Gasteiger partial charge in [0.1, 0.15) is 0 Å². The van der Waals surface area contributed by atoms with Gasteiger partial charge in [0.05, 0.1) is 23.8 Å². The van der Waals surface area contributed by atoms with Crippen LogP contribution in [0, 0.1) is 5.92 Å². The molecule has 0 spiro atoms. The first kappa shape index (κ1) is 29.2. The van der Waals surface area contributed by atoms with Gasteiger partial charge in [-0.25, -0.2) is 9.59 Å².